The van der Waals surface area contributed by atoms with Crippen molar-refractivity contribution in [3.05, 3.63) is 120 Å². The van der Waals surface area contributed by atoms with E-state index >= 15 is 0 Å². The standard InChI is InChI=1S/C30H29N3O4.H2O/c1-33(28-13-7-8-18-31-28)19-20-37-24-16-14-22(15-17-24)21-27(30(35)36)32-26-12-6-5-11-25(26)29(34)23-9-3-2-4-10-23;/h2-18,27,32H,19-21H2,1H3,(H,35,36);1H2/t27-;/m0./s1. The van der Waals surface area contributed by atoms with Crippen LogP contribution in [-0.4, -0.2) is 53.6 Å². The van der Waals surface area contributed by atoms with Gasteiger partial charge in [0.1, 0.15) is 24.2 Å². The number of carboxylic acids is 1. The third kappa shape index (κ3) is 7.41. The molecule has 0 saturated carbocycles. The molecule has 3 aromatic carbocycles. The van der Waals surface area contributed by atoms with Crippen LogP contribution in [0, 0.1) is 0 Å². The fourth-order valence-electron chi connectivity index (χ4n) is 3.89. The van der Waals surface area contributed by atoms with Crippen molar-refractivity contribution in [1.82, 2.24) is 4.98 Å². The van der Waals surface area contributed by atoms with E-state index < -0.39 is 12.0 Å². The van der Waals surface area contributed by atoms with E-state index in [0.717, 1.165) is 11.4 Å². The molecule has 0 spiro atoms. The van der Waals surface area contributed by atoms with Crippen molar-refractivity contribution < 1.29 is 24.9 Å². The number of carbonyl (C=O) groups is 2. The molecule has 1 atom stereocenters. The first-order valence-electron chi connectivity index (χ1n) is 12.0. The molecule has 4 aromatic rings. The van der Waals surface area contributed by atoms with Crippen LogP contribution in [0.4, 0.5) is 11.5 Å². The first-order valence-corrected chi connectivity index (χ1v) is 12.0. The number of nitrogens with one attached hydrogen (secondary N) is 1. The fourth-order valence-corrected chi connectivity index (χ4v) is 3.89. The number of aromatic nitrogens is 1. The van der Waals surface area contributed by atoms with Gasteiger partial charge in [-0.1, -0.05) is 60.7 Å². The Kier molecular flexibility index (Phi) is 9.96. The maximum absolute atomic E-state index is 13.0. The van der Waals surface area contributed by atoms with E-state index in [-0.39, 0.29) is 17.7 Å². The largest absolute Gasteiger partial charge is 0.492 e. The molecule has 4 rings (SSSR count). The number of benzene rings is 3. The Hall–Kier alpha value is -4.69. The third-order valence-electron chi connectivity index (χ3n) is 5.93. The van der Waals surface area contributed by atoms with Gasteiger partial charge in [-0.05, 0) is 42.0 Å². The number of pyridine rings is 1. The molecule has 0 aliphatic carbocycles. The highest BCUT2D eigenvalue weighted by Crippen LogP contribution is 2.22. The van der Waals surface area contributed by atoms with E-state index in [0.29, 0.717) is 35.7 Å². The SMILES string of the molecule is CN(CCOc1ccc(C[C@H](Nc2ccccc2C(=O)c2ccccc2)C(=O)O)cc1)c1ccccn1.O. The second-order valence-electron chi connectivity index (χ2n) is 8.58. The van der Waals surface area contributed by atoms with Gasteiger partial charge in [-0.2, -0.15) is 0 Å². The summed E-state index contributed by atoms with van der Waals surface area (Å²) in [5, 5.41) is 12.9. The molecule has 1 heterocycles. The molecule has 38 heavy (non-hydrogen) atoms. The molecule has 0 aliphatic heterocycles. The normalized spacial score (nSPS) is 11.1. The highest BCUT2D eigenvalue weighted by molar-refractivity contribution is 6.12. The summed E-state index contributed by atoms with van der Waals surface area (Å²) in [4.78, 5) is 31.4. The lowest BCUT2D eigenvalue weighted by atomic mass is 10.00. The predicted molar refractivity (Wildman–Crippen MR) is 148 cm³/mol. The summed E-state index contributed by atoms with van der Waals surface area (Å²) in [5.74, 6) is 0.417. The van der Waals surface area contributed by atoms with Crippen LogP contribution in [0.2, 0.25) is 0 Å². The predicted octanol–water partition coefficient (Wildman–Crippen LogP) is 4.11. The zero-order chi connectivity index (χ0) is 26.0. The number of aliphatic carboxylic acids is 1. The summed E-state index contributed by atoms with van der Waals surface area (Å²) in [5.41, 5.74) is 2.30. The van der Waals surface area contributed by atoms with Crippen LogP contribution in [0.25, 0.3) is 0 Å². The highest BCUT2D eigenvalue weighted by atomic mass is 16.5. The lowest BCUT2D eigenvalue weighted by Gasteiger charge is -2.19. The summed E-state index contributed by atoms with van der Waals surface area (Å²) in [6.07, 6.45) is 2.00. The smallest absolute Gasteiger partial charge is 0.326 e. The molecule has 0 saturated heterocycles. The Morgan fingerprint density at radius 1 is 0.921 bits per heavy atom. The van der Waals surface area contributed by atoms with E-state index in [2.05, 4.69) is 10.3 Å². The van der Waals surface area contributed by atoms with Crippen LogP contribution in [0.1, 0.15) is 21.5 Å². The molecular formula is C30H31N3O5. The molecule has 0 amide bonds. The Morgan fingerprint density at radius 3 is 2.29 bits per heavy atom. The number of ether oxygens (including phenoxy) is 1. The van der Waals surface area contributed by atoms with Gasteiger partial charge in [0.15, 0.2) is 5.78 Å². The van der Waals surface area contributed by atoms with E-state index in [1.165, 1.54) is 0 Å². The van der Waals surface area contributed by atoms with Crippen molar-refractivity contribution >= 4 is 23.3 Å². The van der Waals surface area contributed by atoms with Crippen molar-refractivity contribution in [3.63, 3.8) is 0 Å². The Morgan fingerprint density at radius 2 is 1.61 bits per heavy atom. The van der Waals surface area contributed by atoms with Gasteiger partial charge >= 0.3 is 5.97 Å². The average molecular weight is 514 g/mol. The Balaban J connectivity index is 0.00000400. The minimum Gasteiger partial charge on any atom is -0.492 e. The number of rotatable bonds is 12. The molecule has 0 aliphatic rings. The summed E-state index contributed by atoms with van der Waals surface area (Å²) < 4.78 is 5.85. The lowest BCUT2D eigenvalue weighted by molar-refractivity contribution is -0.137. The second kappa shape index (κ2) is 13.6. The number of nitrogens with zero attached hydrogens (tertiary/aromatic N) is 2. The highest BCUT2D eigenvalue weighted by Gasteiger charge is 2.21. The first kappa shape index (κ1) is 27.9. The number of hydrogen-bond donors (Lipinski definition) is 2. The monoisotopic (exact) mass is 513 g/mol. The van der Waals surface area contributed by atoms with E-state index in [4.69, 9.17) is 4.74 Å². The third-order valence-corrected chi connectivity index (χ3v) is 5.93. The number of anilines is 2. The van der Waals surface area contributed by atoms with Gasteiger partial charge < -0.3 is 25.5 Å². The van der Waals surface area contributed by atoms with E-state index in [1.807, 2.05) is 60.5 Å². The number of carbonyl (C=O) groups excluding carboxylic acids is 1. The van der Waals surface area contributed by atoms with Gasteiger partial charge in [-0.3, -0.25) is 4.79 Å². The summed E-state index contributed by atoms with van der Waals surface area (Å²) in [6.45, 7) is 1.16. The fraction of sp³-hybridized carbons (Fsp3) is 0.167. The molecule has 0 fully saturated rings. The van der Waals surface area contributed by atoms with Crippen LogP contribution in [-0.2, 0) is 11.2 Å². The minimum atomic E-state index is -1.00. The average Bonchev–Trinajstić information content (AvgIpc) is 2.94. The first-order chi connectivity index (χ1) is 18.0. The van der Waals surface area contributed by atoms with Gasteiger partial charge in [-0.15, -0.1) is 0 Å². The Bertz CT molecular complexity index is 1310. The van der Waals surface area contributed by atoms with Crippen molar-refractivity contribution in [3.8, 4) is 5.75 Å². The molecule has 0 radical (unpaired) electrons. The lowest BCUT2D eigenvalue weighted by Crippen LogP contribution is -2.32. The number of likely N-dealkylation sites (N-methyl/N-ethyl adjacent to an activating group) is 1. The number of hydrogen-bond acceptors (Lipinski definition) is 6. The summed E-state index contributed by atoms with van der Waals surface area (Å²) >= 11 is 0. The summed E-state index contributed by atoms with van der Waals surface area (Å²) in [6, 6.07) is 28.1. The molecule has 0 bridgehead atoms. The van der Waals surface area contributed by atoms with Crippen LogP contribution >= 0.6 is 0 Å². The molecule has 1 aromatic heterocycles. The van der Waals surface area contributed by atoms with E-state index in [9.17, 15) is 14.7 Å². The van der Waals surface area contributed by atoms with Crippen LogP contribution in [0.5, 0.6) is 5.75 Å². The molecule has 4 N–H and O–H groups in total. The van der Waals surface area contributed by atoms with Gasteiger partial charge in [0.2, 0.25) is 0 Å². The van der Waals surface area contributed by atoms with Crippen molar-refractivity contribution in [2.24, 2.45) is 0 Å². The molecule has 8 heteroatoms. The quantitative estimate of drug-likeness (QED) is 0.273. The topological polar surface area (TPSA) is 123 Å². The van der Waals surface area contributed by atoms with Gasteiger partial charge in [-0.25, -0.2) is 9.78 Å². The number of para-hydroxylation sites is 1. The van der Waals surface area contributed by atoms with Crippen LogP contribution < -0.4 is 15.0 Å². The minimum absolute atomic E-state index is 0. The zero-order valence-electron chi connectivity index (χ0n) is 21.1. The van der Waals surface area contributed by atoms with Gasteiger partial charge in [0, 0.05) is 36.5 Å². The zero-order valence-corrected chi connectivity index (χ0v) is 21.1. The molecule has 196 valence electrons. The van der Waals surface area contributed by atoms with Gasteiger partial charge in [0.05, 0.1) is 6.54 Å². The molecular weight excluding hydrogens is 482 g/mol. The van der Waals surface area contributed by atoms with E-state index in [1.54, 1.807) is 54.7 Å². The maximum atomic E-state index is 13.0. The number of ketones is 1. The summed E-state index contributed by atoms with van der Waals surface area (Å²) in [7, 11) is 1.96. The number of carboxylic acid groups (broad SMARTS) is 1. The molecule has 8 nitrogen and oxygen atoms in total. The Labute approximate surface area is 221 Å². The maximum Gasteiger partial charge on any atom is 0.326 e. The van der Waals surface area contributed by atoms with Crippen molar-refractivity contribution in [2.45, 2.75) is 12.5 Å². The van der Waals surface area contributed by atoms with Crippen LogP contribution in [0.3, 0.4) is 0 Å². The van der Waals surface area contributed by atoms with Crippen LogP contribution in [0.15, 0.2) is 103 Å². The van der Waals surface area contributed by atoms with Crippen molar-refractivity contribution in [1.29, 1.82) is 0 Å². The van der Waals surface area contributed by atoms with Crippen molar-refractivity contribution in [2.75, 3.05) is 30.4 Å². The molecule has 0 unspecified atom stereocenters. The van der Waals surface area contributed by atoms with Gasteiger partial charge in [0.25, 0.3) is 0 Å². The second-order valence-corrected chi connectivity index (χ2v) is 8.58.